The first-order valence-electron chi connectivity index (χ1n) is 13.3. The number of phosphoric acid groups is 1. The Morgan fingerprint density at radius 2 is 1.14 bits per heavy atom. The molecule has 3 fully saturated rings. The molecule has 0 radical (unpaired) electrons. The Kier molecular flexibility index (Phi) is 17.6. The predicted molar refractivity (Wildman–Crippen MR) is 146 cm³/mol. The summed E-state index contributed by atoms with van der Waals surface area (Å²) in [6, 6.07) is 0. The van der Waals surface area contributed by atoms with Crippen molar-refractivity contribution in [3.8, 4) is 0 Å². The molecule has 210 valence electrons. The first-order chi connectivity index (χ1) is 16.4. The van der Waals surface area contributed by atoms with Crippen molar-refractivity contribution in [2.45, 2.75) is 80.6 Å². The Morgan fingerprint density at radius 1 is 0.771 bits per heavy atom. The zero-order valence-corrected chi connectivity index (χ0v) is 25.9. The van der Waals surface area contributed by atoms with E-state index in [0.29, 0.717) is 6.42 Å². The molecule has 3 heterocycles. The quantitative estimate of drug-likeness (QED) is 0.169. The van der Waals surface area contributed by atoms with Crippen LogP contribution in [0.4, 0.5) is 0 Å². The Hall–Kier alpha value is 0.0400. The lowest BCUT2D eigenvalue weighted by Crippen LogP contribution is -2.48. The second-order valence-corrected chi connectivity index (χ2v) is 18.6. The third-order valence-electron chi connectivity index (χ3n) is 6.56. The van der Waals surface area contributed by atoms with Crippen LogP contribution < -0.4 is 0 Å². The third-order valence-corrected chi connectivity index (χ3v) is 14.8. The Bertz CT molecular complexity index is 663. The zero-order chi connectivity index (χ0) is 27.0. The van der Waals surface area contributed by atoms with Gasteiger partial charge in [0.2, 0.25) is 0 Å². The number of rotatable bonds is 13. The number of hydrogen-bond donors (Lipinski definition) is 0. The molecule has 0 atom stereocenters. The number of fused-ring (bicyclic) bond motifs is 3. The fourth-order valence-corrected chi connectivity index (χ4v) is 8.78. The molecule has 0 amide bonds. The van der Waals surface area contributed by atoms with Crippen molar-refractivity contribution in [2.24, 2.45) is 5.41 Å². The van der Waals surface area contributed by atoms with Crippen LogP contribution in [0.5, 0.6) is 0 Å². The highest BCUT2D eigenvalue weighted by Crippen LogP contribution is 2.60. The lowest BCUT2D eigenvalue weighted by atomic mass is 9.92. The number of hydrogen-bond acceptors (Lipinski definition) is 8. The molecular weight excluding hydrogens is 509 g/mol. The Morgan fingerprint density at radius 3 is 1.43 bits per heavy atom. The standard InChI is InChI=1S/C8H13O6P.2C8H19OP/c1-2-7(9)11-3-8-4-12-15(10,13-5-8)14-6-8;2*1-4-7-8-10(9,5-2)6-3/h2-6H2,1H3;2*4-8H2,1-3H3. The highest BCUT2D eigenvalue weighted by atomic mass is 31.2. The lowest BCUT2D eigenvalue weighted by Gasteiger charge is -2.43. The first kappa shape index (κ1) is 35.0. The van der Waals surface area contributed by atoms with Gasteiger partial charge in [-0.2, -0.15) is 0 Å². The summed E-state index contributed by atoms with van der Waals surface area (Å²) in [4.78, 5) is 11.0. The molecule has 3 aliphatic heterocycles. The minimum atomic E-state index is -3.27. The smallest absolute Gasteiger partial charge is 0.465 e. The van der Waals surface area contributed by atoms with Crippen LogP contribution in [-0.2, 0) is 36.8 Å². The van der Waals surface area contributed by atoms with Gasteiger partial charge >= 0.3 is 13.8 Å². The maximum atomic E-state index is 11.7. The molecule has 35 heavy (non-hydrogen) atoms. The SMILES string of the molecule is CCC(=O)OCC12COP(=O)(OC1)OC2.CCCCP(=O)(CC)CC.CCCCP(=O)(CC)CC. The molecule has 3 saturated heterocycles. The molecule has 0 saturated carbocycles. The van der Waals surface area contributed by atoms with Crippen LogP contribution in [0.1, 0.15) is 80.6 Å². The van der Waals surface area contributed by atoms with Crippen LogP contribution in [0.15, 0.2) is 0 Å². The van der Waals surface area contributed by atoms with Crippen molar-refractivity contribution in [3.63, 3.8) is 0 Å². The summed E-state index contributed by atoms with van der Waals surface area (Å²) in [6.45, 7) is 15.1. The van der Waals surface area contributed by atoms with Gasteiger partial charge in [-0.05, 0) is 37.5 Å². The van der Waals surface area contributed by atoms with Gasteiger partial charge in [0.05, 0.1) is 39.5 Å². The number of ether oxygens (including phenoxy) is 1. The van der Waals surface area contributed by atoms with Crippen molar-refractivity contribution in [1.29, 1.82) is 0 Å². The fraction of sp³-hybridized carbons (Fsp3) is 0.958. The Balaban J connectivity index is 0.000000517. The third kappa shape index (κ3) is 13.4. The van der Waals surface area contributed by atoms with Crippen molar-refractivity contribution >= 4 is 28.1 Å². The van der Waals surface area contributed by atoms with E-state index in [1.54, 1.807) is 6.92 Å². The number of esters is 1. The summed E-state index contributed by atoms with van der Waals surface area (Å²) in [6.07, 6.45) is 10.5. The second-order valence-electron chi connectivity index (χ2n) is 9.32. The molecule has 0 unspecified atom stereocenters. The van der Waals surface area contributed by atoms with Gasteiger partial charge in [-0.3, -0.25) is 18.4 Å². The minimum absolute atomic E-state index is 0.180. The topological polar surface area (TPSA) is 105 Å². The molecule has 11 heteroatoms. The molecule has 3 aliphatic rings. The molecule has 3 rings (SSSR count). The number of carbonyl (C=O) groups is 1. The van der Waals surface area contributed by atoms with Crippen molar-refractivity contribution < 1.29 is 36.8 Å². The summed E-state index contributed by atoms with van der Waals surface area (Å²) >= 11 is 0. The summed E-state index contributed by atoms with van der Waals surface area (Å²) in [5, 5.41) is 0. The predicted octanol–water partition coefficient (Wildman–Crippen LogP) is 7.49. The maximum absolute atomic E-state index is 11.7. The molecule has 0 spiro atoms. The van der Waals surface area contributed by atoms with Crippen molar-refractivity contribution in [1.82, 2.24) is 0 Å². The molecule has 0 aromatic heterocycles. The van der Waals surface area contributed by atoms with Crippen molar-refractivity contribution in [2.75, 3.05) is 63.4 Å². The zero-order valence-electron chi connectivity index (χ0n) is 23.2. The molecule has 2 bridgehead atoms. The largest absolute Gasteiger partial charge is 0.474 e. The fourth-order valence-electron chi connectivity index (χ4n) is 3.32. The van der Waals surface area contributed by atoms with E-state index in [4.69, 9.17) is 18.3 Å². The van der Waals surface area contributed by atoms with E-state index in [-0.39, 0.29) is 32.4 Å². The van der Waals surface area contributed by atoms with Crippen LogP contribution in [0.3, 0.4) is 0 Å². The van der Waals surface area contributed by atoms with E-state index < -0.39 is 27.5 Å². The van der Waals surface area contributed by atoms with Crippen LogP contribution in [0, 0.1) is 5.41 Å². The summed E-state index contributed by atoms with van der Waals surface area (Å²) < 4.78 is 54.7. The highest BCUT2D eigenvalue weighted by Gasteiger charge is 2.51. The van der Waals surface area contributed by atoms with Gasteiger partial charge in [-0.25, -0.2) is 4.57 Å². The number of phosphoric ester groups is 1. The molecule has 0 aromatic rings. The van der Waals surface area contributed by atoms with Gasteiger partial charge in [0.15, 0.2) is 0 Å². The van der Waals surface area contributed by atoms with E-state index in [2.05, 4.69) is 13.8 Å². The number of carbonyl (C=O) groups excluding carboxylic acids is 1. The molecular formula is C24H51O8P3. The summed E-state index contributed by atoms with van der Waals surface area (Å²) in [5.74, 6) is -0.274. The van der Waals surface area contributed by atoms with Gasteiger partial charge in [0.25, 0.3) is 0 Å². The Labute approximate surface area is 214 Å². The van der Waals surface area contributed by atoms with Gasteiger partial charge in [-0.1, -0.05) is 61.3 Å². The van der Waals surface area contributed by atoms with Crippen LogP contribution in [-0.4, -0.2) is 69.4 Å². The van der Waals surface area contributed by atoms with Crippen LogP contribution in [0.2, 0.25) is 0 Å². The van der Waals surface area contributed by atoms with E-state index in [0.717, 1.165) is 49.8 Å². The summed E-state index contributed by atoms with van der Waals surface area (Å²) in [7, 11) is -6.66. The molecule has 0 aromatic carbocycles. The van der Waals surface area contributed by atoms with E-state index in [1.807, 2.05) is 27.7 Å². The van der Waals surface area contributed by atoms with Gasteiger partial charge < -0.3 is 13.9 Å². The van der Waals surface area contributed by atoms with E-state index in [1.165, 1.54) is 12.8 Å². The molecule has 8 nitrogen and oxygen atoms in total. The van der Waals surface area contributed by atoms with Gasteiger partial charge in [0, 0.05) is 18.7 Å². The van der Waals surface area contributed by atoms with Gasteiger partial charge in [0.1, 0.15) is 6.61 Å². The second kappa shape index (κ2) is 17.5. The van der Waals surface area contributed by atoms with Crippen LogP contribution in [0.25, 0.3) is 0 Å². The maximum Gasteiger partial charge on any atom is 0.474 e. The first-order valence-corrected chi connectivity index (χ1v) is 19.3. The average Bonchev–Trinajstić information content (AvgIpc) is 2.90. The van der Waals surface area contributed by atoms with Gasteiger partial charge in [-0.15, -0.1) is 0 Å². The number of unbranched alkanes of at least 4 members (excludes halogenated alkanes) is 2. The normalized spacial score (nSPS) is 23.5. The minimum Gasteiger partial charge on any atom is -0.465 e. The summed E-state index contributed by atoms with van der Waals surface area (Å²) in [5.41, 5.74) is -0.489. The van der Waals surface area contributed by atoms with E-state index in [9.17, 15) is 18.5 Å². The van der Waals surface area contributed by atoms with Crippen molar-refractivity contribution in [3.05, 3.63) is 0 Å². The average molecular weight is 561 g/mol. The van der Waals surface area contributed by atoms with E-state index >= 15 is 0 Å². The molecule has 0 N–H and O–H groups in total. The highest BCUT2D eigenvalue weighted by molar-refractivity contribution is 7.64. The lowest BCUT2D eigenvalue weighted by molar-refractivity contribution is -0.159. The molecule has 0 aliphatic carbocycles. The monoisotopic (exact) mass is 560 g/mol. The van der Waals surface area contributed by atoms with Crippen LogP contribution >= 0.6 is 22.1 Å².